The number of benzene rings is 2. The quantitative estimate of drug-likeness (QED) is 0.452. The molecule has 0 aliphatic heterocycles. The van der Waals surface area contributed by atoms with Crippen molar-refractivity contribution in [2.45, 2.75) is 6.92 Å². The molecule has 26 heavy (non-hydrogen) atoms. The molecule has 0 bridgehead atoms. The van der Waals surface area contributed by atoms with Crippen LogP contribution in [0.5, 0.6) is 0 Å². The zero-order chi connectivity index (χ0) is 18.4. The monoisotopic (exact) mass is 358 g/mol. The first-order chi connectivity index (χ1) is 12.7. The molecule has 0 aliphatic carbocycles. The van der Waals surface area contributed by atoms with Crippen molar-refractivity contribution in [3.8, 4) is 23.0 Å². The molecule has 0 spiro atoms. The Balaban J connectivity index is 1.79. The molecule has 0 radical (unpaired) electrons. The van der Waals surface area contributed by atoms with Gasteiger partial charge in [0.2, 0.25) is 0 Å². The lowest BCUT2D eigenvalue weighted by Crippen LogP contribution is -1.97. The zero-order valence-corrected chi connectivity index (χ0v) is 15.5. The fourth-order valence-corrected chi connectivity index (χ4v) is 3.24. The Morgan fingerprint density at radius 3 is 2.65 bits per heavy atom. The number of hydrogen-bond acceptors (Lipinski definition) is 3. The van der Waals surface area contributed by atoms with E-state index >= 15 is 0 Å². The Morgan fingerprint density at radius 2 is 1.88 bits per heavy atom. The molecule has 3 aromatic rings. The SMILES string of the molecule is COC(=O)c1csc(C#C/C=C/c2ccccc2-c2ccc(C)cc2)c1. The topological polar surface area (TPSA) is 26.3 Å². The van der Waals surface area contributed by atoms with Gasteiger partial charge in [-0.3, -0.25) is 0 Å². The first kappa shape index (κ1) is 17.7. The number of allylic oxidation sites excluding steroid dienone is 1. The van der Waals surface area contributed by atoms with Crippen LogP contribution in [0.4, 0.5) is 0 Å². The lowest BCUT2D eigenvalue weighted by Gasteiger charge is -2.06. The van der Waals surface area contributed by atoms with Crippen molar-refractivity contribution in [1.29, 1.82) is 0 Å². The number of methoxy groups -OCH3 is 1. The average molecular weight is 358 g/mol. The first-order valence-electron chi connectivity index (χ1n) is 8.18. The molecule has 1 heterocycles. The molecule has 0 saturated carbocycles. The summed E-state index contributed by atoms with van der Waals surface area (Å²) in [6.45, 7) is 2.08. The molecular formula is C23H18O2S. The fourth-order valence-electron chi connectivity index (χ4n) is 2.51. The molecule has 128 valence electrons. The van der Waals surface area contributed by atoms with Gasteiger partial charge in [0, 0.05) is 5.38 Å². The third-order valence-corrected chi connectivity index (χ3v) is 4.73. The Hall–Kier alpha value is -3.09. The van der Waals surface area contributed by atoms with Crippen molar-refractivity contribution in [2.24, 2.45) is 0 Å². The summed E-state index contributed by atoms with van der Waals surface area (Å²) in [6.07, 6.45) is 3.85. The van der Waals surface area contributed by atoms with Gasteiger partial charge in [0.05, 0.1) is 17.6 Å². The minimum Gasteiger partial charge on any atom is -0.465 e. The molecule has 3 heteroatoms. The van der Waals surface area contributed by atoms with Crippen LogP contribution in [-0.4, -0.2) is 13.1 Å². The molecule has 0 N–H and O–H groups in total. The van der Waals surface area contributed by atoms with Gasteiger partial charge in [0.1, 0.15) is 0 Å². The van der Waals surface area contributed by atoms with E-state index in [1.807, 2.05) is 24.3 Å². The lowest BCUT2D eigenvalue weighted by atomic mass is 9.98. The smallest absolute Gasteiger partial charge is 0.338 e. The number of rotatable bonds is 3. The van der Waals surface area contributed by atoms with Crippen LogP contribution in [0.3, 0.4) is 0 Å². The van der Waals surface area contributed by atoms with Crippen molar-refractivity contribution in [1.82, 2.24) is 0 Å². The Kier molecular flexibility index (Phi) is 5.68. The van der Waals surface area contributed by atoms with Gasteiger partial charge in [-0.25, -0.2) is 4.79 Å². The highest BCUT2D eigenvalue weighted by molar-refractivity contribution is 7.10. The summed E-state index contributed by atoms with van der Waals surface area (Å²) in [5.74, 6) is 5.75. The molecular weight excluding hydrogens is 340 g/mol. The maximum absolute atomic E-state index is 11.5. The van der Waals surface area contributed by atoms with E-state index in [0.29, 0.717) is 5.56 Å². The fraction of sp³-hybridized carbons (Fsp3) is 0.0870. The lowest BCUT2D eigenvalue weighted by molar-refractivity contribution is 0.0601. The van der Waals surface area contributed by atoms with E-state index in [4.69, 9.17) is 4.74 Å². The van der Waals surface area contributed by atoms with E-state index in [1.165, 1.54) is 35.1 Å². The summed E-state index contributed by atoms with van der Waals surface area (Å²) < 4.78 is 4.70. The number of thiophene rings is 1. The molecule has 0 unspecified atom stereocenters. The first-order valence-corrected chi connectivity index (χ1v) is 9.06. The number of aryl methyl sites for hydroxylation is 1. The number of ether oxygens (including phenoxy) is 1. The number of carbonyl (C=O) groups excluding carboxylic acids is 1. The predicted octanol–water partition coefficient (Wildman–Crippen LogP) is 5.58. The van der Waals surface area contributed by atoms with Crippen molar-refractivity contribution in [2.75, 3.05) is 7.11 Å². The highest BCUT2D eigenvalue weighted by Crippen LogP contribution is 2.25. The maximum Gasteiger partial charge on any atom is 0.338 e. The van der Waals surface area contributed by atoms with Gasteiger partial charge in [-0.1, -0.05) is 65.9 Å². The van der Waals surface area contributed by atoms with E-state index in [9.17, 15) is 4.79 Å². The standard InChI is InChI=1S/C23H18O2S/c1-17-11-13-19(14-12-17)22-10-6-4-8-18(22)7-3-5-9-21-15-20(16-26-21)23(24)25-2/h3-4,6-8,10-16H,1-2H3/b7-3+. The van der Waals surface area contributed by atoms with E-state index in [2.05, 4.69) is 55.2 Å². The average Bonchev–Trinajstić information content (AvgIpc) is 3.15. The van der Waals surface area contributed by atoms with Crippen LogP contribution in [0.25, 0.3) is 17.2 Å². The van der Waals surface area contributed by atoms with E-state index < -0.39 is 0 Å². The summed E-state index contributed by atoms with van der Waals surface area (Å²) in [6, 6.07) is 18.5. The number of carbonyl (C=O) groups is 1. The van der Waals surface area contributed by atoms with E-state index in [1.54, 1.807) is 11.4 Å². The molecule has 2 aromatic carbocycles. The second kappa shape index (κ2) is 8.33. The molecule has 0 saturated heterocycles. The largest absolute Gasteiger partial charge is 0.465 e. The van der Waals surface area contributed by atoms with Crippen LogP contribution in [0.15, 0.2) is 66.1 Å². The van der Waals surface area contributed by atoms with Gasteiger partial charge >= 0.3 is 5.97 Å². The van der Waals surface area contributed by atoms with E-state index in [-0.39, 0.29) is 5.97 Å². The van der Waals surface area contributed by atoms with Crippen LogP contribution in [0, 0.1) is 18.8 Å². The Bertz CT molecular complexity index is 998. The summed E-state index contributed by atoms with van der Waals surface area (Å²) in [4.78, 5) is 12.3. The van der Waals surface area contributed by atoms with Crippen molar-refractivity contribution >= 4 is 23.4 Å². The third kappa shape index (κ3) is 4.30. The second-order valence-corrected chi connectivity index (χ2v) is 6.66. The maximum atomic E-state index is 11.5. The van der Waals surface area contributed by atoms with E-state index in [0.717, 1.165) is 10.4 Å². The number of esters is 1. The zero-order valence-electron chi connectivity index (χ0n) is 14.7. The predicted molar refractivity (Wildman–Crippen MR) is 108 cm³/mol. The normalized spacial score (nSPS) is 10.4. The molecule has 0 amide bonds. The number of hydrogen-bond donors (Lipinski definition) is 0. The molecule has 1 aromatic heterocycles. The van der Waals surface area contributed by atoms with Crippen molar-refractivity contribution in [3.05, 3.63) is 87.6 Å². The van der Waals surface area contributed by atoms with Crippen LogP contribution in [0.2, 0.25) is 0 Å². The van der Waals surface area contributed by atoms with Gasteiger partial charge in [-0.05, 0) is 41.8 Å². The summed E-state index contributed by atoms with van der Waals surface area (Å²) >= 11 is 1.43. The Morgan fingerprint density at radius 1 is 1.12 bits per heavy atom. The van der Waals surface area contributed by atoms with Crippen LogP contribution in [-0.2, 0) is 4.74 Å². The highest BCUT2D eigenvalue weighted by atomic mass is 32.1. The second-order valence-electron chi connectivity index (χ2n) is 5.75. The minimum atomic E-state index is -0.336. The molecule has 0 aliphatic rings. The highest BCUT2D eigenvalue weighted by Gasteiger charge is 2.06. The molecule has 2 nitrogen and oxygen atoms in total. The van der Waals surface area contributed by atoms with Gasteiger partial charge in [-0.2, -0.15) is 0 Å². The Labute approximate surface area is 157 Å². The summed E-state index contributed by atoms with van der Waals surface area (Å²) in [5, 5.41) is 1.76. The van der Waals surface area contributed by atoms with Gasteiger partial charge in [0.25, 0.3) is 0 Å². The van der Waals surface area contributed by atoms with Crippen LogP contribution < -0.4 is 0 Å². The molecule has 3 rings (SSSR count). The van der Waals surface area contributed by atoms with Gasteiger partial charge in [-0.15, -0.1) is 11.3 Å². The minimum absolute atomic E-state index is 0.336. The van der Waals surface area contributed by atoms with Crippen LogP contribution >= 0.6 is 11.3 Å². The molecule has 0 atom stereocenters. The van der Waals surface area contributed by atoms with Gasteiger partial charge in [0.15, 0.2) is 0 Å². The van der Waals surface area contributed by atoms with Crippen molar-refractivity contribution < 1.29 is 9.53 Å². The van der Waals surface area contributed by atoms with Gasteiger partial charge < -0.3 is 4.74 Å². The summed E-state index contributed by atoms with van der Waals surface area (Å²) in [5.41, 5.74) is 5.26. The summed E-state index contributed by atoms with van der Waals surface area (Å²) in [7, 11) is 1.37. The molecule has 0 fully saturated rings. The third-order valence-electron chi connectivity index (χ3n) is 3.89. The van der Waals surface area contributed by atoms with Crippen molar-refractivity contribution in [3.63, 3.8) is 0 Å². The van der Waals surface area contributed by atoms with Crippen LogP contribution in [0.1, 0.15) is 26.4 Å².